The molecular formula is C30H23Br3CoNO2-. The molecule has 0 spiro atoms. The quantitative estimate of drug-likeness (QED) is 0.167. The van der Waals surface area contributed by atoms with Crippen LogP contribution in [0.5, 0.6) is 11.5 Å². The summed E-state index contributed by atoms with van der Waals surface area (Å²) in [6.45, 7) is 4.29. The zero-order valence-electron chi connectivity index (χ0n) is 20.3. The van der Waals surface area contributed by atoms with Crippen LogP contribution >= 0.6 is 47.8 Å². The van der Waals surface area contributed by atoms with Crippen molar-refractivity contribution in [3.63, 3.8) is 0 Å². The maximum atomic E-state index is 14.0. The number of aryl methyl sites for hydroxylation is 2. The molecule has 4 aromatic rings. The van der Waals surface area contributed by atoms with Crippen LogP contribution in [0.3, 0.4) is 0 Å². The fraction of sp³-hybridized carbons (Fsp3) is 0.200. The molecule has 0 atom stereocenters. The zero-order chi connectivity index (χ0) is 26.3. The van der Waals surface area contributed by atoms with E-state index in [4.69, 9.17) is 10.1 Å². The van der Waals surface area contributed by atoms with Gasteiger partial charge in [0.1, 0.15) is 0 Å². The SMILES string of the molecule is CCCc1cccc(CCC)c1[N-]C(=O)c1cc(Br)c2c3c(c(Br)cc([CH]=[Co])c13)Oc1ccc(Br)cc1-2. The van der Waals surface area contributed by atoms with Gasteiger partial charge in [-0.2, -0.15) is 0 Å². The molecule has 1 amide bonds. The number of amides is 1. The molecule has 0 bridgehead atoms. The molecule has 0 aliphatic carbocycles. The number of carbonyl (C=O) groups excluding carboxylic acids is 1. The van der Waals surface area contributed by atoms with Crippen LogP contribution < -0.4 is 4.74 Å². The van der Waals surface area contributed by atoms with E-state index in [1.165, 1.54) is 0 Å². The van der Waals surface area contributed by atoms with Gasteiger partial charge in [0.05, 0.1) is 0 Å². The number of rotatable bonds is 7. The Morgan fingerprint density at radius 3 is 2.30 bits per heavy atom. The molecule has 1 aliphatic rings. The average Bonchev–Trinajstić information content (AvgIpc) is 2.88. The van der Waals surface area contributed by atoms with Gasteiger partial charge in [-0.15, -0.1) is 0 Å². The summed E-state index contributed by atoms with van der Waals surface area (Å²) < 4.78 is 8.92. The topological polar surface area (TPSA) is 40.4 Å². The summed E-state index contributed by atoms with van der Waals surface area (Å²) in [5.74, 6) is 1.14. The number of halogens is 3. The van der Waals surface area contributed by atoms with Crippen LogP contribution in [-0.2, 0) is 28.1 Å². The first-order chi connectivity index (χ1) is 17.9. The van der Waals surface area contributed by atoms with Gasteiger partial charge in [0.25, 0.3) is 0 Å². The second-order valence-corrected chi connectivity index (χ2v) is 11.9. The van der Waals surface area contributed by atoms with Crippen molar-refractivity contribution < 1.29 is 24.8 Å². The minimum atomic E-state index is -0.280. The molecule has 1 heterocycles. The number of ether oxygens (including phenoxy) is 1. The minimum absolute atomic E-state index is 0.280. The molecule has 0 unspecified atom stereocenters. The summed E-state index contributed by atoms with van der Waals surface area (Å²) in [4.78, 5) is 15.7. The first-order valence-corrected chi connectivity index (χ1v) is 15.1. The number of carbonyl (C=O) groups is 1. The molecule has 37 heavy (non-hydrogen) atoms. The fourth-order valence-corrected chi connectivity index (χ4v) is 6.73. The van der Waals surface area contributed by atoms with Crippen molar-refractivity contribution in [1.29, 1.82) is 0 Å². The summed E-state index contributed by atoms with van der Waals surface area (Å²) in [7, 11) is 0. The summed E-state index contributed by atoms with van der Waals surface area (Å²) >= 11 is 15.6. The van der Waals surface area contributed by atoms with Gasteiger partial charge in [0, 0.05) is 0 Å². The van der Waals surface area contributed by atoms with Crippen molar-refractivity contribution in [2.24, 2.45) is 0 Å². The summed E-state index contributed by atoms with van der Waals surface area (Å²) in [6.07, 6.45) is 3.72. The van der Waals surface area contributed by atoms with E-state index in [2.05, 4.69) is 95.1 Å². The predicted octanol–water partition coefficient (Wildman–Crippen LogP) is 10.3. The van der Waals surface area contributed by atoms with Crippen LogP contribution in [0.4, 0.5) is 5.69 Å². The molecule has 0 saturated heterocycles. The first-order valence-electron chi connectivity index (χ1n) is 12.1. The van der Waals surface area contributed by atoms with E-state index in [-0.39, 0.29) is 5.91 Å². The van der Waals surface area contributed by atoms with Gasteiger partial charge in [0.2, 0.25) is 0 Å². The molecule has 0 radical (unpaired) electrons. The van der Waals surface area contributed by atoms with Gasteiger partial charge < -0.3 is 0 Å². The molecule has 5 rings (SSSR count). The van der Waals surface area contributed by atoms with Crippen molar-refractivity contribution in [3.05, 3.63) is 89.5 Å². The molecular weight excluding hydrogens is 705 g/mol. The standard InChI is InChI=1S/C30H24Br3NO2.Co/c1-4-7-17-9-6-10-18(8-5-2)28(17)34-30(35)21-15-22(32)26-20-14-19(31)11-12-24(20)36-29-23(33)13-16(3)25(21)27(26)29;/h3,6,9-15H,4-5,7-8H2,1-2H3,(H,34,35);/p-1. The number of hydrogen-bond donors (Lipinski definition) is 0. The summed E-state index contributed by atoms with van der Waals surface area (Å²) in [6, 6.07) is 16.0. The molecule has 0 aromatic heterocycles. The third-order valence-corrected chi connectivity index (χ3v) is 8.54. The van der Waals surface area contributed by atoms with Crippen LogP contribution in [0.1, 0.15) is 53.7 Å². The van der Waals surface area contributed by atoms with Crippen LogP contribution in [0.2, 0.25) is 0 Å². The van der Waals surface area contributed by atoms with Crippen LogP contribution in [-0.4, -0.2) is 10.9 Å². The summed E-state index contributed by atoms with van der Waals surface area (Å²) in [5, 5.41) is 6.38. The van der Waals surface area contributed by atoms with Crippen LogP contribution in [0.15, 0.2) is 61.9 Å². The van der Waals surface area contributed by atoms with Crippen molar-refractivity contribution in [3.8, 4) is 22.6 Å². The Bertz CT molecular complexity index is 1560. The van der Waals surface area contributed by atoms with Gasteiger partial charge in [-0.3, -0.25) is 0 Å². The normalized spacial score (nSPS) is 11.7. The molecule has 0 N–H and O–H groups in total. The number of fused-ring (bicyclic) bond motifs is 2. The summed E-state index contributed by atoms with van der Waals surface area (Å²) in [5.41, 5.74) is 6.25. The Morgan fingerprint density at radius 2 is 1.65 bits per heavy atom. The van der Waals surface area contributed by atoms with E-state index in [0.717, 1.165) is 89.1 Å². The van der Waals surface area contributed by atoms with Crippen molar-refractivity contribution in [2.45, 2.75) is 39.5 Å². The molecule has 0 fully saturated rings. The van der Waals surface area contributed by atoms with E-state index in [9.17, 15) is 4.79 Å². The average molecular weight is 728 g/mol. The first kappa shape index (κ1) is 26.8. The second-order valence-electron chi connectivity index (χ2n) is 8.99. The third-order valence-electron chi connectivity index (χ3n) is 6.51. The van der Waals surface area contributed by atoms with E-state index in [1.54, 1.807) is 4.96 Å². The van der Waals surface area contributed by atoms with E-state index in [1.807, 2.05) is 30.3 Å². The van der Waals surface area contributed by atoms with Crippen molar-refractivity contribution >= 4 is 75.1 Å². The van der Waals surface area contributed by atoms with E-state index < -0.39 is 0 Å². The van der Waals surface area contributed by atoms with Gasteiger partial charge >= 0.3 is 252 Å². The van der Waals surface area contributed by atoms with Gasteiger partial charge in [-0.05, 0) is 0 Å². The molecule has 0 saturated carbocycles. The monoisotopic (exact) mass is 725 g/mol. The number of benzene rings is 4. The number of hydrogen-bond acceptors (Lipinski definition) is 2. The van der Waals surface area contributed by atoms with Crippen LogP contribution in [0.25, 0.3) is 27.2 Å². The van der Waals surface area contributed by atoms with Crippen LogP contribution in [0, 0.1) is 0 Å². The Morgan fingerprint density at radius 1 is 0.946 bits per heavy atom. The fourth-order valence-electron chi connectivity index (χ4n) is 4.97. The molecule has 4 aromatic carbocycles. The molecule has 7 heteroatoms. The van der Waals surface area contributed by atoms with E-state index in [0.29, 0.717) is 11.3 Å². The Kier molecular flexibility index (Phi) is 8.08. The molecule has 1 aliphatic heterocycles. The van der Waals surface area contributed by atoms with E-state index >= 15 is 0 Å². The van der Waals surface area contributed by atoms with Crippen molar-refractivity contribution in [1.82, 2.24) is 0 Å². The maximum absolute atomic E-state index is 14.0. The Labute approximate surface area is 249 Å². The Balaban J connectivity index is 1.75. The van der Waals surface area contributed by atoms with Gasteiger partial charge in [0.15, 0.2) is 0 Å². The second kappa shape index (κ2) is 11.1. The third kappa shape index (κ3) is 4.89. The molecule has 191 valence electrons. The number of para-hydroxylation sites is 1. The van der Waals surface area contributed by atoms with Crippen molar-refractivity contribution in [2.75, 3.05) is 0 Å². The molecule has 3 nitrogen and oxygen atoms in total. The van der Waals surface area contributed by atoms with Gasteiger partial charge in [-0.25, -0.2) is 0 Å². The predicted molar refractivity (Wildman–Crippen MR) is 160 cm³/mol. The number of nitrogens with zero attached hydrogens (tertiary/aromatic N) is 1. The zero-order valence-corrected chi connectivity index (χ0v) is 26.1. The van der Waals surface area contributed by atoms with Gasteiger partial charge in [-0.1, -0.05) is 0 Å². The Hall–Kier alpha value is -1.77.